The molecule has 0 unspecified atom stereocenters. The van der Waals surface area contributed by atoms with Crippen molar-refractivity contribution in [2.45, 2.75) is 26.8 Å². The first kappa shape index (κ1) is 13.0. The fourth-order valence-electron chi connectivity index (χ4n) is 1.29. The summed E-state index contributed by atoms with van der Waals surface area (Å²) < 4.78 is 5.02. The van der Waals surface area contributed by atoms with Gasteiger partial charge in [-0.25, -0.2) is 4.79 Å². The molecule has 0 aromatic heterocycles. The highest BCUT2D eigenvalue weighted by Crippen LogP contribution is 2.19. The van der Waals surface area contributed by atoms with Gasteiger partial charge >= 0.3 is 6.09 Å². The zero-order chi connectivity index (χ0) is 13.0. The van der Waals surface area contributed by atoms with Crippen molar-refractivity contribution < 1.29 is 14.3 Å². The molecule has 0 aliphatic heterocycles. The Labute approximate surface area is 99.9 Å². The van der Waals surface area contributed by atoms with Crippen molar-refractivity contribution in [2.24, 2.45) is 5.73 Å². The lowest BCUT2D eigenvalue weighted by Crippen LogP contribution is -2.33. The van der Waals surface area contributed by atoms with E-state index >= 15 is 0 Å². The number of carbonyl (C=O) groups is 2. The van der Waals surface area contributed by atoms with Gasteiger partial charge in [0, 0.05) is 6.04 Å². The molecule has 5 nitrogen and oxygen atoms in total. The molecule has 0 heterocycles. The lowest BCUT2D eigenvalue weighted by Gasteiger charge is -2.11. The number of nitrogens with two attached hydrogens (primary N) is 1. The van der Waals surface area contributed by atoms with E-state index in [0.717, 1.165) is 5.56 Å². The molecular formula is C12H16N2O3. The van der Waals surface area contributed by atoms with Crippen LogP contribution in [0.1, 0.15) is 29.8 Å². The van der Waals surface area contributed by atoms with Crippen LogP contribution in [0.15, 0.2) is 18.2 Å². The molecular weight excluding hydrogens is 220 g/mol. The molecule has 17 heavy (non-hydrogen) atoms. The van der Waals surface area contributed by atoms with Crippen LogP contribution in [0.3, 0.4) is 0 Å². The van der Waals surface area contributed by atoms with Gasteiger partial charge in [-0.1, -0.05) is 11.6 Å². The van der Waals surface area contributed by atoms with Crippen molar-refractivity contribution in [3.05, 3.63) is 29.3 Å². The molecule has 5 heteroatoms. The van der Waals surface area contributed by atoms with Crippen LogP contribution in [-0.4, -0.2) is 18.0 Å². The summed E-state index contributed by atoms with van der Waals surface area (Å²) in [5, 5.41) is 2.56. The molecule has 0 radical (unpaired) electrons. The number of aryl methyl sites for hydroxylation is 1. The summed E-state index contributed by atoms with van der Waals surface area (Å²) in [5.74, 6) is -0.456. The highest BCUT2D eigenvalue weighted by molar-refractivity contribution is 5.96. The number of ether oxygens (including phenoxy) is 1. The Bertz CT molecular complexity index is 441. The third-order valence-corrected chi connectivity index (χ3v) is 2.01. The first-order chi connectivity index (χ1) is 7.90. The van der Waals surface area contributed by atoms with E-state index in [-0.39, 0.29) is 17.4 Å². The fraction of sp³-hybridized carbons (Fsp3) is 0.333. The number of rotatable bonds is 3. The molecule has 1 aromatic rings. The van der Waals surface area contributed by atoms with Crippen molar-refractivity contribution in [2.75, 3.05) is 0 Å². The van der Waals surface area contributed by atoms with E-state index in [1.807, 2.05) is 20.8 Å². The van der Waals surface area contributed by atoms with E-state index in [0.29, 0.717) is 0 Å². The minimum Gasteiger partial charge on any atom is -0.409 e. The summed E-state index contributed by atoms with van der Waals surface area (Å²) in [7, 11) is 0. The molecule has 0 atom stereocenters. The largest absolute Gasteiger partial charge is 0.412 e. The van der Waals surface area contributed by atoms with Crippen LogP contribution in [-0.2, 0) is 0 Å². The normalized spacial score (nSPS) is 10.1. The fourth-order valence-corrected chi connectivity index (χ4v) is 1.29. The molecule has 0 aliphatic rings. The number of primary amides is 1. The maximum Gasteiger partial charge on any atom is 0.412 e. The molecule has 0 aliphatic carbocycles. The predicted octanol–water partition coefficient (Wildman–Crippen LogP) is 1.59. The zero-order valence-corrected chi connectivity index (χ0v) is 10.1. The Balaban J connectivity index is 2.91. The quantitative estimate of drug-likeness (QED) is 0.836. The van der Waals surface area contributed by atoms with Gasteiger partial charge in [-0.05, 0) is 32.9 Å². The smallest absolute Gasteiger partial charge is 0.409 e. The van der Waals surface area contributed by atoms with Crippen molar-refractivity contribution in [3.63, 3.8) is 0 Å². The van der Waals surface area contributed by atoms with Crippen LogP contribution >= 0.6 is 0 Å². The van der Waals surface area contributed by atoms with Gasteiger partial charge < -0.3 is 15.8 Å². The van der Waals surface area contributed by atoms with Crippen LogP contribution in [0.4, 0.5) is 4.79 Å². The van der Waals surface area contributed by atoms with Gasteiger partial charge in [0.15, 0.2) is 0 Å². The maximum atomic E-state index is 11.4. The number of amides is 2. The number of hydrogen-bond donors (Lipinski definition) is 2. The average Bonchev–Trinajstić information content (AvgIpc) is 2.19. The Morgan fingerprint density at radius 1 is 1.35 bits per heavy atom. The van der Waals surface area contributed by atoms with E-state index in [2.05, 4.69) is 5.32 Å². The highest BCUT2D eigenvalue weighted by atomic mass is 16.6. The number of nitrogens with one attached hydrogen (secondary N) is 1. The van der Waals surface area contributed by atoms with E-state index in [1.54, 1.807) is 18.2 Å². The summed E-state index contributed by atoms with van der Waals surface area (Å²) in [4.78, 5) is 22.6. The van der Waals surface area contributed by atoms with Crippen LogP contribution in [0.2, 0.25) is 0 Å². The van der Waals surface area contributed by atoms with Crippen molar-refractivity contribution >= 4 is 12.0 Å². The first-order valence-corrected chi connectivity index (χ1v) is 5.29. The van der Waals surface area contributed by atoms with E-state index in [1.165, 1.54) is 0 Å². The maximum absolute atomic E-state index is 11.4. The van der Waals surface area contributed by atoms with Crippen molar-refractivity contribution in [1.29, 1.82) is 0 Å². The predicted molar refractivity (Wildman–Crippen MR) is 64.0 cm³/mol. The Morgan fingerprint density at radius 2 is 2.00 bits per heavy atom. The second-order valence-corrected chi connectivity index (χ2v) is 4.05. The standard InChI is InChI=1S/C12H16N2O3/c1-7(2)14-12(16)17-10-5-4-8(3)6-9(10)11(13)15/h4-7H,1-3H3,(H2,13,15)(H,14,16). The first-order valence-electron chi connectivity index (χ1n) is 5.29. The van der Waals surface area contributed by atoms with Gasteiger partial charge in [-0.2, -0.15) is 0 Å². The van der Waals surface area contributed by atoms with Gasteiger partial charge in [-0.3, -0.25) is 4.79 Å². The minimum absolute atomic E-state index is 0.0371. The van der Waals surface area contributed by atoms with Gasteiger partial charge in [0.2, 0.25) is 0 Å². The Kier molecular flexibility index (Phi) is 4.09. The molecule has 2 amide bonds. The second-order valence-electron chi connectivity index (χ2n) is 4.05. The summed E-state index contributed by atoms with van der Waals surface area (Å²) in [5.41, 5.74) is 6.28. The topological polar surface area (TPSA) is 81.4 Å². The van der Waals surface area contributed by atoms with Crippen LogP contribution in [0.25, 0.3) is 0 Å². The number of carbonyl (C=O) groups excluding carboxylic acids is 2. The van der Waals surface area contributed by atoms with Crippen LogP contribution < -0.4 is 15.8 Å². The second kappa shape index (κ2) is 5.34. The third kappa shape index (κ3) is 3.79. The van der Waals surface area contributed by atoms with Gasteiger partial charge in [-0.15, -0.1) is 0 Å². The van der Waals surface area contributed by atoms with Crippen molar-refractivity contribution in [1.82, 2.24) is 5.32 Å². The minimum atomic E-state index is -0.624. The van der Waals surface area contributed by atoms with Gasteiger partial charge in [0.25, 0.3) is 5.91 Å². The van der Waals surface area contributed by atoms with Crippen molar-refractivity contribution in [3.8, 4) is 5.75 Å². The van der Waals surface area contributed by atoms with E-state index in [4.69, 9.17) is 10.5 Å². The zero-order valence-electron chi connectivity index (χ0n) is 10.1. The molecule has 0 fully saturated rings. The molecule has 1 rings (SSSR count). The molecule has 1 aromatic carbocycles. The Hall–Kier alpha value is -2.04. The SMILES string of the molecule is Cc1ccc(OC(=O)NC(C)C)c(C(N)=O)c1. The molecule has 3 N–H and O–H groups in total. The summed E-state index contributed by atoms with van der Waals surface area (Å²) in [6.45, 7) is 5.45. The summed E-state index contributed by atoms with van der Waals surface area (Å²) in [6, 6.07) is 4.84. The molecule has 0 bridgehead atoms. The monoisotopic (exact) mass is 236 g/mol. The number of hydrogen-bond acceptors (Lipinski definition) is 3. The molecule has 0 saturated carbocycles. The lowest BCUT2D eigenvalue weighted by molar-refractivity contribution is 0.0998. The molecule has 0 spiro atoms. The van der Waals surface area contributed by atoms with Crippen LogP contribution in [0, 0.1) is 6.92 Å². The molecule has 0 saturated heterocycles. The Morgan fingerprint density at radius 3 is 2.53 bits per heavy atom. The van der Waals surface area contributed by atoms with E-state index < -0.39 is 12.0 Å². The van der Waals surface area contributed by atoms with Crippen LogP contribution in [0.5, 0.6) is 5.75 Å². The summed E-state index contributed by atoms with van der Waals surface area (Å²) >= 11 is 0. The number of benzene rings is 1. The lowest BCUT2D eigenvalue weighted by atomic mass is 10.1. The van der Waals surface area contributed by atoms with E-state index in [9.17, 15) is 9.59 Å². The third-order valence-electron chi connectivity index (χ3n) is 2.01. The summed E-state index contributed by atoms with van der Waals surface area (Å²) in [6.07, 6.45) is -0.605. The highest BCUT2D eigenvalue weighted by Gasteiger charge is 2.13. The van der Waals surface area contributed by atoms with Gasteiger partial charge in [0.05, 0.1) is 5.56 Å². The van der Waals surface area contributed by atoms with Gasteiger partial charge in [0.1, 0.15) is 5.75 Å². The average molecular weight is 236 g/mol. The molecule has 92 valence electrons.